The van der Waals surface area contributed by atoms with Crippen molar-refractivity contribution in [2.45, 2.75) is 65.6 Å². The number of nitrogens with zero attached hydrogens (tertiary/aromatic N) is 3. The molecule has 0 spiro atoms. The molecule has 1 atom stereocenters. The van der Waals surface area contributed by atoms with Crippen LogP contribution in [0.15, 0.2) is 39.2 Å². The van der Waals surface area contributed by atoms with Crippen LogP contribution in [0.25, 0.3) is 10.2 Å². The van der Waals surface area contributed by atoms with E-state index in [9.17, 15) is 14.4 Å². The molecule has 164 valence electrons. The Balaban J connectivity index is 1.74. The van der Waals surface area contributed by atoms with Crippen LogP contribution in [0.4, 0.5) is 0 Å². The van der Waals surface area contributed by atoms with Crippen molar-refractivity contribution in [2.75, 3.05) is 6.54 Å². The van der Waals surface area contributed by atoms with Gasteiger partial charge in [-0.3, -0.25) is 18.7 Å². The highest BCUT2D eigenvalue weighted by Crippen LogP contribution is 2.21. The van der Waals surface area contributed by atoms with Gasteiger partial charge in [0.05, 0.1) is 12.1 Å². The van der Waals surface area contributed by atoms with Crippen molar-refractivity contribution < 1.29 is 4.79 Å². The molecule has 1 fully saturated rings. The van der Waals surface area contributed by atoms with E-state index in [1.807, 2.05) is 42.3 Å². The van der Waals surface area contributed by atoms with Crippen molar-refractivity contribution in [2.24, 2.45) is 0 Å². The predicted molar refractivity (Wildman–Crippen MR) is 125 cm³/mol. The Morgan fingerprint density at radius 1 is 1.10 bits per heavy atom. The second kappa shape index (κ2) is 8.83. The van der Waals surface area contributed by atoms with Crippen LogP contribution >= 0.6 is 11.3 Å². The molecule has 1 saturated heterocycles. The third-order valence-corrected chi connectivity index (χ3v) is 7.35. The normalized spacial score (nSPS) is 16.7. The number of likely N-dealkylation sites (tertiary alicyclic amines) is 1. The summed E-state index contributed by atoms with van der Waals surface area (Å²) in [6.45, 7) is 7.05. The van der Waals surface area contributed by atoms with Crippen molar-refractivity contribution in [1.82, 2.24) is 14.0 Å². The van der Waals surface area contributed by atoms with Gasteiger partial charge in [0.15, 0.2) is 0 Å². The van der Waals surface area contributed by atoms with Gasteiger partial charge in [-0.05, 0) is 67.7 Å². The molecule has 1 aliphatic heterocycles. The molecule has 2 aromatic heterocycles. The molecule has 1 unspecified atom stereocenters. The maximum atomic E-state index is 13.4. The first-order valence-electron chi connectivity index (χ1n) is 11.0. The largest absolute Gasteiger partial charge is 0.338 e. The van der Waals surface area contributed by atoms with Crippen molar-refractivity contribution in [3.63, 3.8) is 0 Å². The lowest BCUT2D eigenvalue weighted by atomic mass is 10.00. The van der Waals surface area contributed by atoms with Crippen LogP contribution in [0.1, 0.15) is 49.3 Å². The van der Waals surface area contributed by atoms with Gasteiger partial charge >= 0.3 is 5.69 Å². The zero-order chi connectivity index (χ0) is 22.1. The van der Waals surface area contributed by atoms with Gasteiger partial charge in [0.1, 0.15) is 11.2 Å². The molecule has 1 amide bonds. The van der Waals surface area contributed by atoms with Crippen LogP contribution in [-0.2, 0) is 17.9 Å². The molecule has 0 N–H and O–H groups in total. The fourth-order valence-corrected chi connectivity index (χ4v) is 5.33. The number of thiophene rings is 1. The summed E-state index contributed by atoms with van der Waals surface area (Å²) in [5.74, 6) is -0.0440. The molecular weight excluding hydrogens is 410 g/mol. The Labute approximate surface area is 185 Å². The molecule has 6 nitrogen and oxygen atoms in total. The standard InChI is InChI=1S/C24H29N3O3S/c1-4-19-7-5-6-11-25(19)21(28)15-26-20-10-12-31-22(20)23(29)27(24(26)30)14-18-9-8-16(2)17(3)13-18/h8-10,12-13,19H,4-7,11,14-15H2,1-3H3. The van der Waals surface area contributed by atoms with Gasteiger partial charge in [-0.2, -0.15) is 0 Å². The SMILES string of the molecule is CCC1CCCCN1C(=O)Cn1c(=O)n(Cc2ccc(C)c(C)c2)c(=O)c2sccc21. The van der Waals surface area contributed by atoms with Crippen LogP contribution in [0.3, 0.4) is 0 Å². The number of fused-ring (bicyclic) bond motifs is 1. The first kappa shape index (κ1) is 21.6. The predicted octanol–water partition coefficient (Wildman–Crippen LogP) is 3.68. The van der Waals surface area contributed by atoms with E-state index in [1.165, 1.54) is 26.0 Å². The lowest BCUT2D eigenvalue weighted by molar-refractivity contribution is -0.135. The maximum absolute atomic E-state index is 13.4. The summed E-state index contributed by atoms with van der Waals surface area (Å²) in [4.78, 5) is 41.6. The number of benzene rings is 1. The fraction of sp³-hybridized carbons (Fsp3) is 0.458. The second-order valence-corrected chi connectivity index (χ2v) is 9.37. The summed E-state index contributed by atoms with van der Waals surface area (Å²) in [5.41, 5.74) is 3.02. The lowest BCUT2D eigenvalue weighted by Gasteiger charge is -2.35. The number of aryl methyl sites for hydroxylation is 2. The molecule has 1 aliphatic rings. The van der Waals surface area contributed by atoms with E-state index in [1.54, 1.807) is 6.07 Å². The third-order valence-electron chi connectivity index (χ3n) is 6.46. The Kier molecular flexibility index (Phi) is 6.14. The van der Waals surface area contributed by atoms with Gasteiger partial charge in [0.2, 0.25) is 5.91 Å². The third kappa shape index (κ3) is 4.11. The van der Waals surface area contributed by atoms with Crippen LogP contribution in [-0.4, -0.2) is 32.5 Å². The number of hydrogen-bond donors (Lipinski definition) is 0. The van der Waals surface area contributed by atoms with Gasteiger partial charge in [-0.15, -0.1) is 11.3 Å². The molecule has 0 aliphatic carbocycles. The average Bonchev–Trinajstić information content (AvgIpc) is 3.26. The maximum Gasteiger partial charge on any atom is 0.332 e. The Morgan fingerprint density at radius 3 is 2.65 bits per heavy atom. The lowest BCUT2D eigenvalue weighted by Crippen LogP contribution is -2.47. The molecule has 31 heavy (non-hydrogen) atoms. The Hall–Kier alpha value is -2.67. The van der Waals surface area contributed by atoms with Crippen molar-refractivity contribution >= 4 is 27.5 Å². The molecule has 1 aromatic carbocycles. The molecule has 4 rings (SSSR count). The van der Waals surface area contributed by atoms with E-state index in [4.69, 9.17) is 0 Å². The molecule has 3 aromatic rings. The van der Waals surface area contributed by atoms with Gasteiger partial charge in [-0.25, -0.2) is 4.79 Å². The zero-order valence-electron chi connectivity index (χ0n) is 18.4. The summed E-state index contributed by atoms with van der Waals surface area (Å²) >= 11 is 1.32. The number of rotatable bonds is 5. The monoisotopic (exact) mass is 439 g/mol. The minimum atomic E-state index is -0.424. The number of carbonyl (C=O) groups excluding carboxylic acids is 1. The summed E-state index contributed by atoms with van der Waals surface area (Å²) in [7, 11) is 0. The van der Waals surface area contributed by atoms with Crippen LogP contribution in [0.2, 0.25) is 0 Å². The smallest absolute Gasteiger partial charge is 0.332 e. The van der Waals surface area contributed by atoms with E-state index in [2.05, 4.69) is 6.92 Å². The van der Waals surface area contributed by atoms with Gasteiger partial charge in [0, 0.05) is 12.6 Å². The number of amides is 1. The van der Waals surface area contributed by atoms with E-state index >= 15 is 0 Å². The van der Waals surface area contributed by atoms with Crippen LogP contribution in [0.5, 0.6) is 0 Å². The van der Waals surface area contributed by atoms with Gasteiger partial charge < -0.3 is 4.90 Å². The molecule has 7 heteroatoms. The van der Waals surface area contributed by atoms with E-state index in [-0.39, 0.29) is 30.6 Å². The molecule has 0 bridgehead atoms. The number of carbonyl (C=O) groups is 1. The fourth-order valence-electron chi connectivity index (χ4n) is 4.49. The van der Waals surface area contributed by atoms with Crippen molar-refractivity contribution in [1.29, 1.82) is 0 Å². The highest BCUT2D eigenvalue weighted by Gasteiger charge is 2.26. The molecule has 0 radical (unpaired) electrons. The van der Waals surface area contributed by atoms with Gasteiger partial charge in [-0.1, -0.05) is 25.1 Å². The summed E-state index contributed by atoms with van der Waals surface area (Å²) in [5, 5.41) is 1.81. The van der Waals surface area contributed by atoms with Crippen molar-refractivity contribution in [3.05, 3.63) is 67.2 Å². The highest BCUT2D eigenvalue weighted by molar-refractivity contribution is 7.17. The quantitative estimate of drug-likeness (QED) is 0.609. The highest BCUT2D eigenvalue weighted by atomic mass is 32.1. The number of aromatic nitrogens is 2. The topological polar surface area (TPSA) is 64.3 Å². The molecule has 3 heterocycles. The van der Waals surface area contributed by atoms with E-state index in [0.29, 0.717) is 10.2 Å². The minimum absolute atomic E-state index is 0.0320. The van der Waals surface area contributed by atoms with Gasteiger partial charge in [0.25, 0.3) is 5.56 Å². The second-order valence-electron chi connectivity index (χ2n) is 8.46. The average molecular weight is 440 g/mol. The van der Waals surface area contributed by atoms with Crippen LogP contribution in [0, 0.1) is 13.8 Å². The van der Waals surface area contributed by atoms with E-state index < -0.39 is 5.69 Å². The Morgan fingerprint density at radius 2 is 1.90 bits per heavy atom. The van der Waals surface area contributed by atoms with E-state index in [0.717, 1.165) is 43.4 Å². The first-order chi connectivity index (χ1) is 14.9. The summed E-state index contributed by atoms with van der Waals surface area (Å²) in [6, 6.07) is 7.96. The number of hydrogen-bond acceptors (Lipinski definition) is 4. The molecule has 0 saturated carbocycles. The first-order valence-corrected chi connectivity index (χ1v) is 11.8. The van der Waals surface area contributed by atoms with Crippen molar-refractivity contribution in [3.8, 4) is 0 Å². The summed E-state index contributed by atoms with van der Waals surface area (Å²) in [6.07, 6.45) is 4.06. The van der Waals surface area contributed by atoms with Crippen LogP contribution < -0.4 is 11.2 Å². The Bertz CT molecular complexity index is 1240. The molecular formula is C24H29N3O3S. The summed E-state index contributed by atoms with van der Waals surface area (Å²) < 4.78 is 3.27. The minimum Gasteiger partial charge on any atom is -0.338 e. The zero-order valence-corrected chi connectivity index (χ0v) is 19.2. The number of piperidine rings is 1.